The first kappa shape index (κ1) is 15.2. The number of rotatable bonds is 6. The highest BCUT2D eigenvalue weighted by molar-refractivity contribution is 5.95. The van der Waals surface area contributed by atoms with Gasteiger partial charge in [-0.05, 0) is 31.9 Å². The highest BCUT2D eigenvalue weighted by atomic mass is 16.4. The SMILES string of the molecule is CC(C)(CN)C(=O)Nc1ccccc1CCC(=O)O. The second kappa shape index (κ2) is 6.33. The third kappa shape index (κ3) is 4.37. The topological polar surface area (TPSA) is 92.4 Å². The maximum absolute atomic E-state index is 12.0. The van der Waals surface area contributed by atoms with Gasteiger partial charge < -0.3 is 16.2 Å². The van der Waals surface area contributed by atoms with Crippen LogP contribution in [0.1, 0.15) is 25.8 Å². The molecule has 5 heteroatoms. The number of aliphatic carboxylic acids is 1. The Morgan fingerprint density at radius 3 is 2.53 bits per heavy atom. The molecule has 104 valence electrons. The smallest absolute Gasteiger partial charge is 0.303 e. The van der Waals surface area contributed by atoms with Crippen molar-refractivity contribution in [2.75, 3.05) is 11.9 Å². The lowest BCUT2D eigenvalue weighted by molar-refractivity contribution is -0.137. The summed E-state index contributed by atoms with van der Waals surface area (Å²) >= 11 is 0. The van der Waals surface area contributed by atoms with Gasteiger partial charge >= 0.3 is 5.97 Å². The molecule has 0 bridgehead atoms. The molecule has 0 atom stereocenters. The number of amides is 1. The number of carbonyl (C=O) groups is 2. The van der Waals surface area contributed by atoms with E-state index >= 15 is 0 Å². The summed E-state index contributed by atoms with van der Waals surface area (Å²) in [6, 6.07) is 7.20. The number of carboxylic acid groups (broad SMARTS) is 1. The van der Waals surface area contributed by atoms with Crippen LogP contribution in [0.4, 0.5) is 5.69 Å². The predicted octanol–water partition coefficient (Wildman–Crippen LogP) is 1.63. The summed E-state index contributed by atoms with van der Waals surface area (Å²) in [5.74, 6) is -1.03. The van der Waals surface area contributed by atoms with Crippen molar-refractivity contribution >= 4 is 17.6 Å². The van der Waals surface area contributed by atoms with Crippen LogP contribution in [0.15, 0.2) is 24.3 Å². The van der Waals surface area contributed by atoms with Crippen LogP contribution in [0.25, 0.3) is 0 Å². The van der Waals surface area contributed by atoms with Crippen molar-refractivity contribution in [1.29, 1.82) is 0 Å². The summed E-state index contributed by atoms with van der Waals surface area (Å²) in [5, 5.41) is 11.5. The van der Waals surface area contributed by atoms with Crippen LogP contribution < -0.4 is 11.1 Å². The van der Waals surface area contributed by atoms with Crippen LogP contribution in [0.3, 0.4) is 0 Å². The number of nitrogens with two attached hydrogens (primary N) is 1. The normalized spacial score (nSPS) is 11.1. The summed E-state index contributed by atoms with van der Waals surface area (Å²) in [6.45, 7) is 3.78. The van der Waals surface area contributed by atoms with Crippen molar-refractivity contribution < 1.29 is 14.7 Å². The molecule has 0 unspecified atom stereocenters. The summed E-state index contributed by atoms with van der Waals surface area (Å²) < 4.78 is 0. The number of para-hydroxylation sites is 1. The Balaban J connectivity index is 2.83. The first-order valence-electron chi connectivity index (χ1n) is 6.18. The van der Waals surface area contributed by atoms with Gasteiger partial charge in [-0.15, -0.1) is 0 Å². The molecule has 1 rings (SSSR count). The molecule has 0 saturated carbocycles. The van der Waals surface area contributed by atoms with E-state index in [0.717, 1.165) is 5.56 Å². The van der Waals surface area contributed by atoms with Gasteiger partial charge in [0.1, 0.15) is 0 Å². The summed E-state index contributed by atoms with van der Waals surface area (Å²) in [5.41, 5.74) is 6.37. The van der Waals surface area contributed by atoms with Gasteiger partial charge in [-0.2, -0.15) is 0 Å². The average Bonchev–Trinajstić information content (AvgIpc) is 2.37. The molecule has 0 fully saturated rings. The van der Waals surface area contributed by atoms with Crippen LogP contribution >= 0.6 is 0 Å². The molecular formula is C14H20N2O3. The van der Waals surface area contributed by atoms with E-state index in [9.17, 15) is 9.59 Å². The zero-order valence-corrected chi connectivity index (χ0v) is 11.3. The maximum Gasteiger partial charge on any atom is 0.303 e. The van der Waals surface area contributed by atoms with Crippen molar-refractivity contribution in [3.63, 3.8) is 0 Å². The summed E-state index contributed by atoms with van der Waals surface area (Å²) in [4.78, 5) is 22.7. The Kier molecular flexibility index (Phi) is 5.06. The van der Waals surface area contributed by atoms with Crippen molar-refractivity contribution in [3.05, 3.63) is 29.8 Å². The Morgan fingerprint density at radius 1 is 1.32 bits per heavy atom. The van der Waals surface area contributed by atoms with Gasteiger partial charge in [0, 0.05) is 18.7 Å². The van der Waals surface area contributed by atoms with E-state index in [0.29, 0.717) is 12.1 Å². The third-order valence-corrected chi connectivity index (χ3v) is 3.00. The van der Waals surface area contributed by atoms with Crippen molar-refractivity contribution in [3.8, 4) is 0 Å². The molecular weight excluding hydrogens is 244 g/mol. The monoisotopic (exact) mass is 264 g/mol. The molecule has 0 saturated heterocycles. The fraction of sp³-hybridized carbons (Fsp3) is 0.429. The molecule has 4 N–H and O–H groups in total. The number of carbonyl (C=O) groups excluding carboxylic acids is 1. The third-order valence-electron chi connectivity index (χ3n) is 3.00. The van der Waals surface area contributed by atoms with Crippen LogP contribution in [0.2, 0.25) is 0 Å². The van der Waals surface area contributed by atoms with Crippen molar-refractivity contribution in [1.82, 2.24) is 0 Å². The highest BCUT2D eigenvalue weighted by Crippen LogP contribution is 2.21. The number of aryl methyl sites for hydroxylation is 1. The Hall–Kier alpha value is -1.88. The van der Waals surface area contributed by atoms with Gasteiger partial charge in [-0.3, -0.25) is 9.59 Å². The Bertz CT molecular complexity index is 470. The van der Waals surface area contributed by atoms with Crippen molar-refractivity contribution in [2.24, 2.45) is 11.1 Å². The molecule has 0 aliphatic carbocycles. The lowest BCUT2D eigenvalue weighted by Gasteiger charge is -2.22. The zero-order chi connectivity index (χ0) is 14.5. The molecule has 0 aliphatic rings. The number of hydrogen-bond acceptors (Lipinski definition) is 3. The Labute approximate surface area is 112 Å². The van der Waals surface area contributed by atoms with Crippen LogP contribution in [-0.2, 0) is 16.0 Å². The van der Waals surface area contributed by atoms with Crippen LogP contribution in [0.5, 0.6) is 0 Å². The molecule has 1 amide bonds. The van der Waals surface area contributed by atoms with Gasteiger partial charge in [0.25, 0.3) is 0 Å². The molecule has 0 aliphatic heterocycles. The minimum atomic E-state index is -0.858. The average molecular weight is 264 g/mol. The molecule has 0 aromatic heterocycles. The first-order chi connectivity index (χ1) is 8.86. The minimum Gasteiger partial charge on any atom is -0.481 e. The van der Waals surface area contributed by atoms with E-state index in [2.05, 4.69) is 5.32 Å². The van der Waals surface area contributed by atoms with Crippen LogP contribution in [0, 0.1) is 5.41 Å². The molecule has 5 nitrogen and oxygen atoms in total. The number of anilines is 1. The summed E-state index contributed by atoms with van der Waals surface area (Å²) in [7, 11) is 0. The fourth-order valence-corrected chi connectivity index (χ4v) is 1.49. The zero-order valence-electron chi connectivity index (χ0n) is 11.3. The van der Waals surface area contributed by atoms with E-state index < -0.39 is 11.4 Å². The predicted molar refractivity (Wildman–Crippen MR) is 73.9 cm³/mol. The number of nitrogens with one attached hydrogen (secondary N) is 1. The lowest BCUT2D eigenvalue weighted by atomic mass is 9.92. The molecule has 1 aromatic rings. The lowest BCUT2D eigenvalue weighted by Crippen LogP contribution is -2.37. The fourth-order valence-electron chi connectivity index (χ4n) is 1.49. The molecule has 19 heavy (non-hydrogen) atoms. The molecule has 0 radical (unpaired) electrons. The van der Waals surface area contributed by atoms with Gasteiger partial charge in [0.15, 0.2) is 0 Å². The second-order valence-electron chi connectivity index (χ2n) is 5.09. The quantitative estimate of drug-likeness (QED) is 0.728. The minimum absolute atomic E-state index is 0.0349. The first-order valence-corrected chi connectivity index (χ1v) is 6.18. The van der Waals surface area contributed by atoms with Gasteiger partial charge in [0.2, 0.25) is 5.91 Å². The van der Waals surface area contributed by atoms with E-state index in [1.54, 1.807) is 26.0 Å². The molecule has 0 spiro atoms. The van der Waals surface area contributed by atoms with Crippen molar-refractivity contribution in [2.45, 2.75) is 26.7 Å². The van der Waals surface area contributed by atoms with E-state index in [4.69, 9.17) is 10.8 Å². The Morgan fingerprint density at radius 2 is 1.95 bits per heavy atom. The van der Waals surface area contributed by atoms with E-state index in [1.165, 1.54) is 0 Å². The molecule has 1 aromatic carbocycles. The second-order valence-corrected chi connectivity index (χ2v) is 5.09. The van der Waals surface area contributed by atoms with Crippen LogP contribution in [-0.4, -0.2) is 23.5 Å². The van der Waals surface area contributed by atoms with E-state index in [1.807, 2.05) is 12.1 Å². The van der Waals surface area contributed by atoms with E-state index in [-0.39, 0.29) is 18.9 Å². The standard InChI is InChI=1S/C14H20N2O3/c1-14(2,9-15)13(19)16-11-6-4-3-5-10(11)7-8-12(17)18/h3-6H,7-9,15H2,1-2H3,(H,16,19)(H,17,18). The largest absolute Gasteiger partial charge is 0.481 e. The highest BCUT2D eigenvalue weighted by Gasteiger charge is 2.26. The van der Waals surface area contributed by atoms with Gasteiger partial charge in [-0.25, -0.2) is 0 Å². The van der Waals surface area contributed by atoms with Gasteiger partial charge in [0.05, 0.1) is 5.41 Å². The number of benzene rings is 1. The van der Waals surface area contributed by atoms with Gasteiger partial charge in [-0.1, -0.05) is 18.2 Å². The molecule has 0 heterocycles. The summed E-state index contributed by atoms with van der Waals surface area (Å²) in [6.07, 6.45) is 0.419. The number of carboxylic acids is 1. The maximum atomic E-state index is 12.0. The number of hydrogen-bond donors (Lipinski definition) is 3.